The van der Waals surface area contributed by atoms with Gasteiger partial charge in [0.25, 0.3) is 22.9 Å². The van der Waals surface area contributed by atoms with Gasteiger partial charge in [-0.05, 0) is 59.7 Å². The predicted molar refractivity (Wildman–Crippen MR) is 480 cm³/mol. The van der Waals surface area contributed by atoms with Gasteiger partial charge in [0.15, 0.2) is 81.1 Å². The normalized spacial score (nSPS) is 26.5. The molecule has 672 valence electrons. The first-order chi connectivity index (χ1) is 60.3. The van der Waals surface area contributed by atoms with E-state index in [0.717, 1.165) is 0 Å². The summed E-state index contributed by atoms with van der Waals surface area (Å²) >= 11 is 27.0. The second-order valence-electron chi connectivity index (χ2n) is 28.9. The minimum atomic E-state index is -3.63. The number of pyridine rings is 1. The van der Waals surface area contributed by atoms with Crippen molar-refractivity contribution in [3.8, 4) is 12.1 Å². The van der Waals surface area contributed by atoms with E-state index in [4.69, 9.17) is 99.6 Å². The summed E-state index contributed by atoms with van der Waals surface area (Å²) < 4.78 is 94.9. The van der Waals surface area contributed by atoms with Crippen molar-refractivity contribution >= 4 is 192 Å². The fraction of sp³-hybridized carbons (Fsp3) is 0.411. The Morgan fingerprint density at radius 2 is 0.976 bits per heavy atom. The first-order valence-electron chi connectivity index (χ1n) is 38.8. The van der Waals surface area contributed by atoms with Gasteiger partial charge in [0.2, 0.25) is 37.0 Å². The highest BCUT2D eigenvalue weighted by Crippen LogP contribution is 2.61. The Morgan fingerprint density at radius 3 is 1.42 bits per heavy atom. The number of nitrogens with one attached hydrogen (secondary N) is 7. The van der Waals surface area contributed by atoms with E-state index in [-0.39, 0.29) is 179 Å². The number of aromatic nitrogens is 17. The average Bonchev–Trinajstić information content (AvgIpc) is 1.63. The van der Waals surface area contributed by atoms with E-state index in [2.05, 4.69) is 111 Å². The Balaban J connectivity index is 0.000000201. The molecule has 6 saturated heterocycles. The quantitative estimate of drug-likeness (QED) is 0.0219. The molecule has 6 aliphatic heterocycles. The Kier molecular flexibility index (Phi) is 32.2. The number of carbonyl (C=O) groups is 4. The number of benzene rings is 2. The van der Waals surface area contributed by atoms with Crippen LogP contribution in [-0.2, 0) is 109 Å². The van der Waals surface area contributed by atoms with Crippen LogP contribution in [0.1, 0.15) is 112 Å². The number of ether oxygens (including phenoxy) is 4. The topological polar surface area (TPSA) is 558 Å². The largest absolute Gasteiger partial charge is 0.369 e. The highest BCUT2D eigenvalue weighted by atomic mass is 32.9. The van der Waals surface area contributed by atoms with E-state index in [9.17, 15) is 39.3 Å². The maximum atomic E-state index is 13.0. The van der Waals surface area contributed by atoms with Crippen molar-refractivity contribution in [1.82, 2.24) is 84.2 Å². The Bertz CT molecular complexity index is 6100. The molecule has 6 aliphatic rings. The Labute approximate surface area is 756 Å². The molecule has 17 rings (SSSR count). The van der Waals surface area contributed by atoms with Crippen LogP contribution in [0.5, 0.6) is 0 Å². The summed E-state index contributed by atoms with van der Waals surface area (Å²) in [5, 5.41) is 29.4. The standard InChI is InChI=1S/C34H37N11O10P2S3.C34H37N11O10P2S2.C5H5N.H3N.H2S/c1-18(2)30(46)42-34-41-29-26(32(48)43-34)39-17-45(29)33-22-11-20(52-33)13-50-56(58,49-10-6-9-35)54-21-12-24(53-23(21)14-51-57(59,60)55-22)44-16-38-25-27(36-15-37-28(25)44)40-31(47)19-7-4-3-5-8-19;1-18(2)30(46)42-34-41-29-26(32(48)43-34)39-17-45(29)33-22-11-20(52-33)13-51-57(59,50-10-6-9-35)55-21-12-24(53-23(21)14-49-56(58)54-22)44-16-38-25-27(36-15-37-28(25)44)40-31(47)19-7-4-3-5-8-19;1-2-4-6-5-3-1;;/h3-5,7-8,15-18,20-24,33H,6,10-14H2,1-2H3,(H,59,60)(H,36,37,40,47)(H2,41,42,43,46,48);3-5,7-8,15-18,20-24,33,58H,6,10-14H2,1-2H3,(H,36,37,40,47)(H2,41,42,43,46,48);1-5H;1H3;1H2/p+2/t20-,21-,22+,23+,24+,33+,56?;20-,21-,22+,23+,24+,33+,56?,57?;;;/m00.../s1. The second-order valence-corrected chi connectivity index (χ2v) is 42.0. The third-order valence-corrected chi connectivity index (χ3v) is 28.0. The van der Waals surface area contributed by atoms with Crippen molar-refractivity contribution in [3.63, 3.8) is 0 Å². The summed E-state index contributed by atoms with van der Waals surface area (Å²) in [6, 6.07) is 27.3. The highest BCUT2D eigenvalue weighted by Gasteiger charge is 2.49. The van der Waals surface area contributed by atoms with Gasteiger partial charge in [-0.2, -0.15) is 34.0 Å². The molecule has 0 saturated carbocycles. The second kappa shape index (κ2) is 42.8. The van der Waals surface area contributed by atoms with Gasteiger partial charge in [-0.1, -0.05) is 94.7 Å². The molecule has 4 bridgehead atoms. The highest BCUT2D eigenvalue weighted by molar-refractivity contribution is 8.60. The van der Waals surface area contributed by atoms with Gasteiger partial charge in [0, 0.05) is 60.8 Å². The summed E-state index contributed by atoms with van der Waals surface area (Å²) in [5.41, 5.74) is -1.95. The number of H-pyrrole nitrogens is 3. The van der Waals surface area contributed by atoms with Crippen molar-refractivity contribution in [2.75, 3.05) is 60.9 Å². The lowest BCUT2D eigenvalue weighted by Gasteiger charge is -2.29. The van der Waals surface area contributed by atoms with Crippen molar-refractivity contribution in [3.05, 3.63) is 161 Å². The molecule has 6 fully saturated rings. The lowest BCUT2D eigenvalue weighted by Crippen LogP contribution is -2.29. The molecule has 15 heterocycles. The van der Waals surface area contributed by atoms with Gasteiger partial charge in [-0.25, -0.2) is 44.9 Å². The molecule has 9 aromatic heterocycles. The molecular weight excluding hydrogens is 1850 g/mol. The number of thiol groups is 2. The first-order valence-corrected chi connectivity index (χ1v) is 50.0. The van der Waals surface area contributed by atoms with Crippen LogP contribution in [0.2, 0.25) is 0 Å². The molecule has 0 aliphatic carbocycles. The average molecular weight is 1940 g/mol. The monoisotopic (exact) mass is 1930 g/mol. The minimum Gasteiger partial charge on any atom is -0.369 e. The van der Waals surface area contributed by atoms with E-state index in [1.807, 2.05) is 54.9 Å². The number of hydrogen-bond acceptors (Lipinski definition) is 36. The van der Waals surface area contributed by atoms with Crippen LogP contribution in [0.15, 0.2) is 139 Å². The van der Waals surface area contributed by atoms with E-state index < -0.39 is 112 Å². The van der Waals surface area contributed by atoms with Gasteiger partial charge in [-0.15, -0.1) is 0 Å². The molecule has 4 amide bonds. The number of quaternary nitrogens is 1. The third-order valence-electron chi connectivity index (χ3n) is 19.6. The minimum absolute atomic E-state index is 0. The zero-order valence-corrected chi connectivity index (χ0v) is 76.7. The summed E-state index contributed by atoms with van der Waals surface area (Å²) in [7, 11) is -1.87. The van der Waals surface area contributed by atoms with E-state index >= 15 is 0 Å². The van der Waals surface area contributed by atoms with E-state index in [1.54, 1.807) is 85.4 Å². The van der Waals surface area contributed by atoms with Gasteiger partial charge in [-0.3, -0.25) is 67.6 Å². The maximum Gasteiger partial charge on any atom is 0.327 e. The number of nitriles is 2. The predicted octanol–water partition coefficient (Wildman–Crippen LogP) is 10.0. The molecule has 11 aromatic rings. The van der Waals surface area contributed by atoms with Crippen molar-refractivity contribution in [2.45, 2.75) is 140 Å². The summed E-state index contributed by atoms with van der Waals surface area (Å²) in [4.78, 5) is 129. The summed E-state index contributed by atoms with van der Waals surface area (Å²) in [6.45, 7) is -0.952. The molecule has 4 unspecified atom stereocenters. The molecule has 44 nitrogen and oxygen atoms in total. The van der Waals surface area contributed by atoms with E-state index in [0.29, 0.717) is 33.5 Å². The smallest absolute Gasteiger partial charge is 0.327 e. The van der Waals surface area contributed by atoms with Crippen molar-refractivity contribution < 1.29 is 88.3 Å². The van der Waals surface area contributed by atoms with Crippen LogP contribution in [0.25, 0.3) is 44.7 Å². The lowest BCUT2D eigenvalue weighted by molar-refractivity contribution is -0.378. The van der Waals surface area contributed by atoms with Gasteiger partial charge in [0.05, 0.1) is 114 Å². The molecule has 2 aromatic carbocycles. The zero-order chi connectivity index (χ0) is 87.7. The van der Waals surface area contributed by atoms with Crippen LogP contribution >= 0.6 is 64.7 Å². The number of hydrogen-bond donors (Lipinski definition) is 9. The number of fused-ring (bicyclic) bond motifs is 10. The van der Waals surface area contributed by atoms with Gasteiger partial charge < -0.3 is 81.0 Å². The number of carbonyl (C=O) groups excluding carboxylic acids is 4. The van der Waals surface area contributed by atoms with Crippen LogP contribution < -0.4 is 43.5 Å². The molecular formula is C73H86N24O20P4S6+2. The first kappa shape index (κ1) is 95.7. The molecule has 11 N–H and O–H groups in total. The summed E-state index contributed by atoms with van der Waals surface area (Å²) in [6.07, 6.45) is 3.90. The fourth-order valence-electron chi connectivity index (χ4n) is 13.6. The lowest BCUT2D eigenvalue weighted by atomic mass is 10.2. The summed E-state index contributed by atoms with van der Waals surface area (Å²) in [5.74, 6) is -1.87. The molecule has 54 heteroatoms. The number of anilines is 4. The van der Waals surface area contributed by atoms with Crippen LogP contribution in [-0.4, -0.2) is 190 Å². The maximum absolute atomic E-state index is 13.0. The number of rotatable bonds is 18. The van der Waals surface area contributed by atoms with Crippen LogP contribution in [0.3, 0.4) is 0 Å². The number of nitrogens with zero attached hydrogens (tertiary/aromatic N) is 16. The van der Waals surface area contributed by atoms with Crippen molar-refractivity contribution in [2.24, 2.45) is 11.8 Å². The Hall–Kier alpha value is -8.92. The molecule has 16 atom stereocenters. The number of aromatic amines is 3. The number of amides is 4. The van der Waals surface area contributed by atoms with Gasteiger partial charge in [0.1, 0.15) is 49.5 Å². The van der Waals surface area contributed by atoms with Crippen LogP contribution in [0, 0.1) is 34.5 Å². The molecule has 0 radical (unpaired) electrons. The van der Waals surface area contributed by atoms with E-state index in [1.165, 1.54) is 47.1 Å². The van der Waals surface area contributed by atoms with Crippen molar-refractivity contribution in [1.29, 1.82) is 10.5 Å². The number of imidazole rings is 4. The fourth-order valence-corrected chi connectivity index (χ4v) is 21.2. The van der Waals surface area contributed by atoms with Crippen LogP contribution in [0.4, 0.5) is 23.5 Å². The van der Waals surface area contributed by atoms with Gasteiger partial charge >= 0.3 is 13.4 Å². The third kappa shape index (κ3) is 23.1. The SMILES string of the molecule is CC(C)C(=O)Nc1nc2c(ncn2[C@@H]2O[C@@H]3COP(=S)(OCCC#N)O[C@H]4C[C@H](n5cnc6c(NC(=O)c7ccccc7)ncnc65)O[C@@H]4COP(=S)(S)O[C@@H]2C3)c(=O)[nH]1.CC(C)C(=O)Nc1nc2c(ncn2[C@@H]2O[C@@H]3COP(=S)(OCCC#N)O[C@H]4C[C@H](n5cnc6c(NC(=O)c7ccccc7)ncnc65)O[C@@H]4COP(S)O[C@@H]2C3)c(=O)[nH]1.S.[NH4+].c1cc[nH+]cc1. The zero-order valence-electron chi connectivity index (χ0n) is 67.9. The molecule has 0 spiro atoms. The molecule has 127 heavy (non-hydrogen) atoms. The Morgan fingerprint density at radius 1 is 0.543 bits per heavy atom.